The monoisotopic (exact) mass is 239 g/mol. The first-order valence-corrected chi connectivity index (χ1v) is 5.09. The quantitative estimate of drug-likeness (QED) is 0.833. The van der Waals surface area contributed by atoms with E-state index in [1.54, 1.807) is 18.2 Å². The first-order chi connectivity index (χ1) is 7.69. The molecule has 5 nitrogen and oxygen atoms in total. The van der Waals surface area contributed by atoms with Gasteiger partial charge >= 0.3 is 6.08 Å². The number of nitrogens with zero attached hydrogens (tertiary/aromatic N) is 2. The molecule has 0 fully saturated rings. The molecular weight excluding hydrogens is 230 g/mol. The average Bonchev–Trinajstić information content (AvgIpc) is 2.65. The van der Waals surface area contributed by atoms with Crippen molar-refractivity contribution in [2.45, 2.75) is 6.92 Å². The Kier molecular flexibility index (Phi) is 2.96. The number of anilines is 1. The summed E-state index contributed by atoms with van der Waals surface area (Å²) in [5, 5.41) is 8.07. The summed E-state index contributed by atoms with van der Waals surface area (Å²) >= 11 is 5.87. The zero-order valence-corrected chi connectivity index (χ0v) is 9.36. The van der Waals surface area contributed by atoms with E-state index in [1.807, 2.05) is 6.92 Å². The van der Waals surface area contributed by atoms with Crippen molar-refractivity contribution >= 4 is 17.3 Å². The van der Waals surface area contributed by atoms with Crippen molar-refractivity contribution in [2.75, 3.05) is 12.3 Å². The van der Waals surface area contributed by atoms with Gasteiger partial charge in [0.15, 0.2) is 0 Å². The van der Waals surface area contributed by atoms with E-state index < -0.39 is 0 Å². The first kappa shape index (κ1) is 10.8. The molecule has 6 heteroatoms. The van der Waals surface area contributed by atoms with Crippen LogP contribution in [-0.4, -0.2) is 16.8 Å². The molecule has 0 bridgehead atoms. The fraction of sp³-hybridized carbons (Fsp3) is 0.200. The van der Waals surface area contributed by atoms with Crippen LogP contribution in [0.1, 0.15) is 6.92 Å². The fourth-order valence-corrected chi connectivity index (χ4v) is 1.49. The van der Waals surface area contributed by atoms with E-state index >= 15 is 0 Å². The van der Waals surface area contributed by atoms with Crippen molar-refractivity contribution in [2.24, 2.45) is 0 Å². The van der Waals surface area contributed by atoms with E-state index in [0.29, 0.717) is 28.8 Å². The third kappa shape index (κ3) is 2.25. The standard InChI is InChI=1S/C10H10ClN3O2/c1-2-15-10-14-13-9(16-10)6-3-7(11)5-8(12)4-6/h3-5H,2,12H2,1H3. The average molecular weight is 240 g/mol. The summed E-state index contributed by atoms with van der Waals surface area (Å²) in [5.74, 6) is 0.331. The number of nitrogens with two attached hydrogens (primary N) is 1. The third-order valence-electron chi connectivity index (χ3n) is 1.84. The van der Waals surface area contributed by atoms with Gasteiger partial charge in [0.05, 0.1) is 6.61 Å². The van der Waals surface area contributed by atoms with Crippen LogP contribution in [0.4, 0.5) is 5.69 Å². The van der Waals surface area contributed by atoms with E-state index in [9.17, 15) is 0 Å². The van der Waals surface area contributed by atoms with Crippen molar-refractivity contribution in [1.82, 2.24) is 10.2 Å². The first-order valence-electron chi connectivity index (χ1n) is 4.72. The molecule has 0 spiro atoms. The lowest BCUT2D eigenvalue weighted by atomic mass is 10.2. The van der Waals surface area contributed by atoms with Crippen LogP contribution in [0.25, 0.3) is 11.5 Å². The second-order valence-electron chi connectivity index (χ2n) is 3.08. The molecule has 2 aromatic rings. The molecule has 1 aromatic heterocycles. The van der Waals surface area contributed by atoms with Crippen LogP contribution in [0, 0.1) is 0 Å². The Hall–Kier alpha value is -1.75. The number of halogens is 1. The van der Waals surface area contributed by atoms with Crippen LogP contribution >= 0.6 is 11.6 Å². The van der Waals surface area contributed by atoms with Gasteiger partial charge in [-0.05, 0) is 25.1 Å². The summed E-state index contributed by atoms with van der Waals surface area (Å²) < 4.78 is 10.3. The lowest BCUT2D eigenvalue weighted by Crippen LogP contribution is -1.90. The SMILES string of the molecule is CCOc1nnc(-c2cc(N)cc(Cl)c2)o1. The van der Waals surface area contributed by atoms with Crippen molar-refractivity contribution in [3.8, 4) is 17.5 Å². The molecule has 16 heavy (non-hydrogen) atoms. The number of rotatable bonds is 3. The Labute approximate surface area is 97.2 Å². The largest absolute Gasteiger partial charge is 0.449 e. The lowest BCUT2D eigenvalue weighted by Gasteiger charge is -1.98. The van der Waals surface area contributed by atoms with Crippen LogP contribution in [0.2, 0.25) is 5.02 Å². The Morgan fingerprint density at radius 2 is 2.19 bits per heavy atom. The molecule has 2 N–H and O–H groups in total. The fourth-order valence-electron chi connectivity index (χ4n) is 1.24. The van der Waals surface area contributed by atoms with Crippen LogP contribution in [0.3, 0.4) is 0 Å². The molecule has 0 aliphatic rings. The van der Waals surface area contributed by atoms with Gasteiger partial charge in [-0.1, -0.05) is 16.7 Å². The van der Waals surface area contributed by atoms with Crippen molar-refractivity contribution < 1.29 is 9.15 Å². The Balaban J connectivity index is 2.34. The molecule has 1 aromatic carbocycles. The molecular formula is C10H10ClN3O2. The minimum absolute atomic E-state index is 0.135. The zero-order valence-electron chi connectivity index (χ0n) is 8.61. The summed E-state index contributed by atoms with van der Waals surface area (Å²) in [5.41, 5.74) is 6.87. The molecule has 2 rings (SSSR count). The maximum absolute atomic E-state index is 5.87. The van der Waals surface area contributed by atoms with Crippen molar-refractivity contribution in [1.29, 1.82) is 0 Å². The van der Waals surface area contributed by atoms with Crippen LogP contribution in [-0.2, 0) is 0 Å². The highest BCUT2D eigenvalue weighted by Gasteiger charge is 2.10. The Morgan fingerprint density at radius 3 is 2.88 bits per heavy atom. The molecule has 1 heterocycles. The summed E-state index contributed by atoms with van der Waals surface area (Å²) in [6.07, 6.45) is 0.135. The minimum Gasteiger partial charge on any atom is -0.449 e. The smallest absolute Gasteiger partial charge is 0.414 e. The summed E-state index contributed by atoms with van der Waals surface area (Å²) in [7, 11) is 0. The number of hydrogen-bond acceptors (Lipinski definition) is 5. The van der Waals surface area contributed by atoms with Crippen molar-refractivity contribution in [3.63, 3.8) is 0 Å². The predicted octanol–water partition coefficient (Wildman–Crippen LogP) is 2.37. The summed E-state index contributed by atoms with van der Waals surface area (Å²) in [6, 6.07) is 5.04. The van der Waals surface area contributed by atoms with Crippen LogP contribution < -0.4 is 10.5 Å². The number of aromatic nitrogens is 2. The number of benzene rings is 1. The zero-order chi connectivity index (χ0) is 11.5. The summed E-state index contributed by atoms with van der Waals surface area (Å²) in [4.78, 5) is 0. The Morgan fingerprint density at radius 1 is 1.38 bits per heavy atom. The highest BCUT2D eigenvalue weighted by Crippen LogP contribution is 2.26. The number of hydrogen-bond donors (Lipinski definition) is 1. The maximum atomic E-state index is 5.87. The molecule has 0 aliphatic carbocycles. The second kappa shape index (κ2) is 4.40. The van der Waals surface area contributed by atoms with Gasteiger partial charge < -0.3 is 14.9 Å². The molecule has 0 atom stereocenters. The highest BCUT2D eigenvalue weighted by molar-refractivity contribution is 6.31. The van der Waals surface area contributed by atoms with Gasteiger partial charge in [0.1, 0.15) is 0 Å². The maximum Gasteiger partial charge on any atom is 0.414 e. The number of nitrogen functional groups attached to an aromatic ring is 1. The van der Waals surface area contributed by atoms with Crippen molar-refractivity contribution in [3.05, 3.63) is 23.2 Å². The minimum atomic E-state index is 0.135. The van der Waals surface area contributed by atoms with Gasteiger partial charge in [0.2, 0.25) is 0 Å². The van der Waals surface area contributed by atoms with Gasteiger partial charge in [-0.15, -0.1) is 5.10 Å². The third-order valence-corrected chi connectivity index (χ3v) is 2.06. The second-order valence-corrected chi connectivity index (χ2v) is 3.52. The molecule has 0 radical (unpaired) electrons. The molecule has 0 amide bonds. The van der Waals surface area contributed by atoms with E-state index in [0.717, 1.165) is 0 Å². The predicted molar refractivity (Wildman–Crippen MR) is 60.3 cm³/mol. The molecule has 0 saturated heterocycles. The molecule has 84 valence electrons. The van der Waals surface area contributed by atoms with Gasteiger partial charge in [-0.3, -0.25) is 0 Å². The lowest BCUT2D eigenvalue weighted by molar-refractivity contribution is 0.247. The normalized spacial score (nSPS) is 10.4. The van der Waals surface area contributed by atoms with E-state index in [2.05, 4.69) is 10.2 Å². The van der Waals surface area contributed by atoms with E-state index in [1.165, 1.54) is 0 Å². The highest BCUT2D eigenvalue weighted by atomic mass is 35.5. The van der Waals surface area contributed by atoms with Crippen LogP contribution in [0.15, 0.2) is 22.6 Å². The van der Waals surface area contributed by atoms with Gasteiger partial charge in [0.25, 0.3) is 5.89 Å². The molecule has 0 unspecified atom stereocenters. The topological polar surface area (TPSA) is 74.2 Å². The summed E-state index contributed by atoms with van der Waals surface area (Å²) in [6.45, 7) is 2.31. The van der Waals surface area contributed by atoms with E-state index in [4.69, 9.17) is 26.5 Å². The number of ether oxygens (including phenoxy) is 1. The molecule has 0 saturated carbocycles. The molecule has 0 aliphatic heterocycles. The van der Waals surface area contributed by atoms with Gasteiger partial charge in [-0.25, -0.2) is 0 Å². The Bertz CT molecular complexity index is 478. The van der Waals surface area contributed by atoms with Gasteiger partial charge in [0, 0.05) is 16.3 Å². The van der Waals surface area contributed by atoms with Crippen LogP contribution in [0.5, 0.6) is 6.08 Å². The van der Waals surface area contributed by atoms with Gasteiger partial charge in [-0.2, -0.15) is 0 Å². The van der Waals surface area contributed by atoms with E-state index in [-0.39, 0.29) is 6.08 Å².